The molecule has 0 N–H and O–H groups in total. The number of sulfonamides is 1. The van der Waals surface area contributed by atoms with Gasteiger partial charge in [0.15, 0.2) is 11.5 Å². The molecule has 2 aromatic rings. The van der Waals surface area contributed by atoms with Crippen LogP contribution in [0.3, 0.4) is 0 Å². The van der Waals surface area contributed by atoms with E-state index in [9.17, 15) is 13.2 Å². The fourth-order valence-corrected chi connectivity index (χ4v) is 4.86. The van der Waals surface area contributed by atoms with Gasteiger partial charge in [-0.3, -0.25) is 9.48 Å². The zero-order chi connectivity index (χ0) is 21.9. The van der Waals surface area contributed by atoms with Crippen LogP contribution in [0.5, 0.6) is 17.2 Å². The fraction of sp³-hybridized carbons (Fsp3) is 0.474. The fourth-order valence-electron chi connectivity index (χ4n) is 3.41. The van der Waals surface area contributed by atoms with E-state index in [2.05, 4.69) is 5.10 Å². The van der Waals surface area contributed by atoms with E-state index < -0.39 is 10.0 Å². The lowest BCUT2D eigenvalue weighted by molar-refractivity contribution is 0.0763. The van der Waals surface area contributed by atoms with Crippen molar-refractivity contribution in [2.24, 2.45) is 7.05 Å². The normalized spacial score (nSPS) is 15.5. The highest BCUT2D eigenvalue weighted by Gasteiger charge is 2.30. The summed E-state index contributed by atoms with van der Waals surface area (Å²) in [6.45, 7) is 1.24. The van der Waals surface area contributed by atoms with Crippen LogP contribution in [0.15, 0.2) is 29.4 Å². The van der Waals surface area contributed by atoms with E-state index in [0.717, 1.165) is 0 Å². The van der Waals surface area contributed by atoms with E-state index in [1.807, 2.05) is 0 Å². The number of carbonyl (C=O) groups is 1. The number of nitrogens with zero attached hydrogens (tertiary/aromatic N) is 4. The molecule has 1 aromatic heterocycles. The Morgan fingerprint density at radius 1 is 1.00 bits per heavy atom. The molecule has 0 atom stereocenters. The molecule has 0 spiro atoms. The summed E-state index contributed by atoms with van der Waals surface area (Å²) < 4.78 is 44.5. The van der Waals surface area contributed by atoms with Crippen LogP contribution in [0.1, 0.15) is 16.8 Å². The number of amides is 1. The highest BCUT2D eigenvalue weighted by atomic mass is 32.2. The van der Waals surface area contributed by atoms with E-state index >= 15 is 0 Å². The smallest absolute Gasteiger partial charge is 0.254 e. The van der Waals surface area contributed by atoms with Crippen molar-refractivity contribution >= 4 is 15.9 Å². The number of aromatic nitrogens is 2. The van der Waals surface area contributed by atoms with Crippen LogP contribution in [0.2, 0.25) is 0 Å². The first kappa shape index (κ1) is 21.9. The summed E-state index contributed by atoms with van der Waals surface area (Å²) in [5.74, 6) is 0.947. The van der Waals surface area contributed by atoms with Gasteiger partial charge in [-0.15, -0.1) is 0 Å². The van der Waals surface area contributed by atoms with Crippen molar-refractivity contribution in [3.63, 3.8) is 0 Å². The first-order valence-corrected chi connectivity index (χ1v) is 10.8. The highest BCUT2D eigenvalue weighted by Crippen LogP contribution is 2.38. The van der Waals surface area contributed by atoms with Gasteiger partial charge in [0.2, 0.25) is 15.8 Å². The Balaban J connectivity index is 1.79. The number of methoxy groups -OCH3 is 3. The Labute approximate surface area is 176 Å². The van der Waals surface area contributed by atoms with Crippen molar-refractivity contribution in [3.05, 3.63) is 30.1 Å². The molecule has 1 amide bonds. The summed E-state index contributed by atoms with van der Waals surface area (Å²) in [6.07, 6.45) is 3.33. The van der Waals surface area contributed by atoms with Gasteiger partial charge in [-0.25, -0.2) is 8.42 Å². The molecule has 0 aliphatic carbocycles. The van der Waals surface area contributed by atoms with Gasteiger partial charge in [-0.2, -0.15) is 9.40 Å². The zero-order valence-electron chi connectivity index (χ0n) is 17.5. The molecule has 1 saturated heterocycles. The topological polar surface area (TPSA) is 103 Å². The van der Waals surface area contributed by atoms with Crippen LogP contribution in [-0.4, -0.2) is 80.8 Å². The van der Waals surface area contributed by atoms with Crippen molar-refractivity contribution < 1.29 is 27.4 Å². The minimum atomic E-state index is -3.65. The molecule has 11 heteroatoms. The maximum Gasteiger partial charge on any atom is 0.254 e. The van der Waals surface area contributed by atoms with E-state index in [1.54, 1.807) is 24.1 Å². The van der Waals surface area contributed by atoms with Gasteiger partial charge in [0, 0.05) is 45.0 Å². The molecule has 1 aliphatic rings. The molecule has 0 saturated carbocycles. The first-order chi connectivity index (χ1) is 14.3. The molecule has 0 bridgehead atoms. The minimum Gasteiger partial charge on any atom is -0.493 e. The van der Waals surface area contributed by atoms with E-state index in [-0.39, 0.29) is 23.9 Å². The standard InChI is InChI=1S/C19H26N4O6S/c1-21-13-15(12-20-21)30(25,26)23-7-5-6-22(8-9-23)19(24)14-10-16(27-2)18(29-4)17(11-14)28-3/h10-13H,5-9H2,1-4H3. The summed E-state index contributed by atoms with van der Waals surface area (Å²) in [4.78, 5) is 14.9. The summed E-state index contributed by atoms with van der Waals surface area (Å²) in [5, 5.41) is 3.94. The Kier molecular flexibility index (Phi) is 6.52. The molecule has 1 aromatic carbocycles. The van der Waals surface area contributed by atoms with Crippen molar-refractivity contribution in [1.82, 2.24) is 19.0 Å². The quantitative estimate of drug-likeness (QED) is 0.662. The average molecular weight is 439 g/mol. The van der Waals surface area contributed by atoms with Crippen LogP contribution in [-0.2, 0) is 17.1 Å². The number of benzene rings is 1. The van der Waals surface area contributed by atoms with Crippen LogP contribution in [0, 0.1) is 0 Å². The summed E-state index contributed by atoms with van der Waals surface area (Å²) >= 11 is 0. The predicted molar refractivity (Wildman–Crippen MR) is 109 cm³/mol. The Morgan fingerprint density at radius 3 is 2.20 bits per heavy atom. The molecule has 164 valence electrons. The van der Waals surface area contributed by atoms with Crippen molar-refractivity contribution in [2.45, 2.75) is 11.3 Å². The van der Waals surface area contributed by atoms with Gasteiger partial charge in [0.1, 0.15) is 4.90 Å². The third-order valence-corrected chi connectivity index (χ3v) is 6.82. The largest absolute Gasteiger partial charge is 0.493 e. The second-order valence-electron chi connectivity index (χ2n) is 6.81. The molecule has 2 heterocycles. The lowest BCUT2D eigenvalue weighted by Crippen LogP contribution is -2.37. The molecule has 0 unspecified atom stereocenters. The second kappa shape index (κ2) is 8.92. The van der Waals surface area contributed by atoms with E-state index in [4.69, 9.17) is 14.2 Å². The highest BCUT2D eigenvalue weighted by molar-refractivity contribution is 7.89. The number of ether oxygens (including phenoxy) is 3. The van der Waals surface area contributed by atoms with Crippen LogP contribution >= 0.6 is 0 Å². The van der Waals surface area contributed by atoms with Gasteiger partial charge >= 0.3 is 0 Å². The molecule has 0 radical (unpaired) electrons. The molecule has 3 rings (SSSR count). The number of carbonyl (C=O) groups excluding carboxylic acids is 1. The van der Waals surface area contributed by atoms with Crippen LogP contribution < -0.4 is 14.2 Å². The summed E-state index contributed by atoms with van der Waals surface area (Å²) in [7, 11) is 2.48. The Morgan fingerprint density at radius 2 is 1.67 bits per heavy atom. The summed E-state index contributed by atoms with van der Waals surface area (Å²) in [5.41, 5.74) is 0.382. The third-order valence-electron chi connectivity index (χ3n) is 4.97. The number of aryl methyl sites for hydroxylation is 1. The van der Waals surface area contributed by atoms with Crippen molar-refractivity contribution in [3.8, 4) is 17.2 Å². The van der Waals surface area contributed by atoms with Crippen LogP contribution in [0.25, 0.3) is 0 Å². The predicted octanol–water partition coefficient (Wildman–Crippen LogP) is 0.983. The number of hydrogen-bond donors (Lipinski definition) is 0. The van der Waals surface area contributed by atoms with Gasteiger partial charge in [-0.05, 0) is 18.6 Å². The van der Waals surface area contributed by atoms with Gasteiger partial charge < -0.3 is 19.1 Å². The molecule has 30 heavy (non-hydrogen) atoms. The minimum absolute atomic E-state index is 0.148. The first-order valence-electron chi connectivity index (χ1n) is 9.40. The number of rotatable bonds is 6. The van der Waals surface area contributed by atoms with Gasteiger partial charge in [0.05, 0.1) is 27.5 Å². The average Bonchev–Trinajstić information content (AvgIpc) is 3.04. The van der Waals surface area contributed by atoms with Crippen molar-refractivity contribution in [1.29, 1.82) is 0 Å². The Bertz CT molecular complexity index is 995. The molecular weight excluding hydrogens is 412 g/mol. The second-order valence-corrected chi connectivity index (χ2v) is 8.75. The lowest BCUT2D eigenvalue weighted by atomic mass is 10.1. The lowest BCUT2D eigenvalue weighted by Gasteiger charge is -2.22. The maximum atomic E-state index is 13.1. The number of hydrogen-bond acceptors (Lipinski definition) is 7. The van der Waals surface area contributed by atoms with Gasteiger partial charge in [0.25, 0.3) is 5.91 Å². The SMILES string of the molecule is COc1cc(C(=O)N2CCCN(S(=O)(=O)c3cnn(C)c3)CC2)cc(OC)c1OC. The monoisotopic (exact) mass is 438 g/mol. The Hall–Kier alpha value is -2.79. The molecule has 1 fully saturated rings. The molecule has 10 nitrogen and oxygen atoms in total. The molecule has 1 aliphatic heterocycles. The third kappa shape index (κ3) is 4.21. The maximum absolute atomic E-state index is 13.1. The molecular formula is C19H26N4O6S. The van der Waals surface area contributed by atoms with E-state index in [0.29, 0.717) is 42.3 Å². The van der Waals surface area contributed by atoms with Gasteiger partial charge in [-0.1, -0.05) is 0 Å². The van der Waals surface area contributed by atoms with E-state index in [1.165, 1.54) is 42.7 Å². The zero-order valence-corrected chi connectivity index (χ0v) is 18.3. The van der Waals surface area contributed by atoms with Crippen LogP contribution in [0.4, 0.5) is 0 Å². The summed E-state index contributed by atoms with van der Waals surface area (Å²) in [6, 6.07) is 3.19. The van der Waals surface area contributed by atoms with Crippen molar-refractivity contribution in [2.75, 3.05) is 47.5 Å².